The van der Waals surface area contributed by atoms with Crippen LogP contribution in [0.25, 0.3) is 16.7 Å². The summed E-state index contributed by atoms with van der Waals surface area (Å²) in [7, 11) is 1.70. The third-order valence-electron chi connectivity index (χ3n) is 5.78. The highest BCUT2D eigenvalue weighted by molar-refractivity contribution is 5.91. The number of ether oxygens (including phenoxy) is 2. The van der Waals surface area contributed by atoms with Crippen molar-refractivity contribution in [3.63, 3.8) is 0 Å². The Labute approximate surface area is 183 Å². The molecule has 1 N–H and O–H groups in total. The topological polar surface area (TPSA) is 30.5 Å². The third kappa shape index (κ3) is 3.35. The second-order valence-corrected chi connectivity index (χ2v) is 8.59. The van der Waals surface area contributed by atoms with Crippen molar-refractivity contribution < 1.29 is 9.47 Å². The molecule has 0 spiro atoms. The number of nitrogens with one attached hydrogen (secondary N) is 1. The summed E-state index contributed by atoms with van der Waals surface area (Å²) >= 11 is 0. The van der Waals surface area contributed by atoms with E-state index >= 15 is 0 Å². The minimum Gasteiger partial charge on any atom is -0.496 e. The summed E-state index contributed by atoms with van der Waals surface area (Å²) in [6.07, 6.45) is 1.89. The van der Waals surface area contributed by atoms with Gasteiger partial charge in [-0.3, -0.25) is 0 Å². The number of allylic oxidation sites excluding steroid dienone is 1. The van der Waals surface area contributed by atoms with Crippen molar-refractivity contribution in [2.45, 2.75) is 32.4 Å². The minimum absolute atomic E-state index is 0.109. The molecule has 1 unspecified atom stereocenters. The van der Waals surface area contributed by atoms with Gasteiger partial charge in [0.25, 0.3) is 0 Å². The molecule has 154 valence electrons. The zero-order valence-electron chi connectivity index (χ0n) is 18.2. The van der Waals surface area contributed by atoms with Crippen LogP contribution in [-0.4, -0.2) is 12.6 Å². The van der Waals surface area contributed by atoms with Crippen LogP contribution in [0, 0.1) is 11.8 Å². The normalized spacial score (nSPS) is 17.4. The lowest BCUT2D eigenvalue weighted by molar-refractivity contribution is 0.259. The zero-order valence-corrected chi connectivity index (χ0v) is 18.2. The minimum atomic E-state index is -0.379. The van der Waals surface area contributed by atoms with E-state index in [0.717, 1.165) is 39.4 Å². The lowest BCUT2D eigenvalue weighted by Gasteiger charge is -2.36. The summed E-state index contributed by atoms with van der Waals surface area (Å²) in [5.41, 5.74) is 7.55. The van der Waals surface area contributed by atoms with E-state index in [-0.39, 0.29) is 11.6 Å². The highest BCUT2D eigenvalue weighted by atomic mass is 16.5. The van der Waals surface area contributed by atoms with Crippen LogP contribution in [-0.2, 0) is 0 Å². The number of methoxy groups -OCH3 is 1. The van der Waals surface area contributed by atoms with Crippen LogP contribution in [0.3, 0.4) is 0 Å². The van der Waals surface area contributed by atoms with Crippen LogP contribution in [0.15, 0.2) is 66.7 Å². The molecule has 3 heteroatoms. The van der Waals surface area contributed by atoms with Crippen LogP contribution >= 0.6 is 0 Å². The fourth-order valence-corrected chi connectivity index (χ4v) is 4.64. The van der Waals surface area contributed by atoms with Crippen molar-refractivity contribution in [3.8, 4) is 34.5 Å². The number of hydrogen-bond acceptors (Lipinski definition) is 3. The van der Waals surface area contributed by atoms with E-state index in [1.54, 1.807) is 7.11 Å². The first-order valence-corrected chi connectivity index (χ1v) is 10.5. The van der Waals surface area contributed by atoms with Crippen LogP contribution in [0.5, 0.6) is 11.5 Å². The molecule has 3 aromatic rings. The Bertz CT molecular complexity index is 1260. The van der Waals surface area contributed by atoms with Gasteiger partial charge in [-0.2, -0.15) is 0 Å². The van der Waals surface area contributed by atoms with Gasteiger partial charge < -0.3 is 14.8 Å². The summed E-state index contributed by atoms with van der Waals surface area (Å²) in [5, 5.41) is 3.65. The number of fused-ring (bicyclic) bond motifs is 5. The van der Waals surface area contributed by atoms with E-state index < -0.39 is 0 Å². The molecule has 1 atom stereocenters. The molecule has 0 fully saturated rings. The van der Waals surface area contributed by atoms with Gasteiger partial charge in [0, 0.05) is 22.4 Å². The SMILES string of the molecule is COc1cccc2c1-c1ccc3c(c1C(C#Cc1ccccc1)O2)C(C)=CC(C)(C)N3. The maximum atomic E-state index is 6.48. The number of benzene rings is 3. The molecule has 5 rings (SSSR count). The van der Waals surface area contributed by atoms with Gasteiger partial charge in [-0.05, 0) is 68.2 Å². The van der Waals surface area contributed by atoms with E-state index in [1.165, 1.54) is 11.1 Å². The number of rotatable bonds is 1. The highest BCUT2D eigenvalue weighted by Gasteiger charge is 2.34. The molecule has 0 radical (unpaired) electrons. The van der Waals surface area contributed by atoms with Crippen LogP contribution in [0.4, 0.5) is 5.69 Å². The quantitative estimate of drug-likeness (QED) is 0.470. The predicted octanol–water partition coefficient (Wildman–Crippen LogP) is 6.45. The third-order valence-corrected chi connectivity index (χ3v) is 5.78. The molecule has 3 nitrogen and oxygen atoms in total. The standard InChI is InChI=1S/C28H25NO2/c1-18-17-28(2,3)29-21-15-14-20-26-22(30-4)11-8-12-23(26)31-24(27(20)25(18)21)16-13-19-9-6-5-7-10-19/h5-12,14-15,17,24,29H,1-4H3. The second kappa shape index (κ2) is 7.25. The summed E-state index contributed by atoms with van der Waals surface area (Å²) in [4.78, 5) is 0. The Kier molecular flexibility index (Phi) is 4.52. The Morgan fingerprint density at radius 2 is 1.77 bits per heavy atom. The van der Waals surface area contributed by atoms with Gasteiger partial charge in [0.15, 0.2) is 6.10 Å². The fourth-order valence-electron chi connectivity index (χ4n) is 4.64. The largest absolute Gasteiger partial charge is 0.496 e. The summed E-state index contributed by atoms with van der Waals surface area (Å²) < 4.78 is 12.2. The van der Waals surface area contributed by atoms with E-state index in [4.69, 9.17) is 9.47 Å². The first-order valence-electron chi connectivity index (χ1n) is 10.5. The molecule has 0 amide bonds. The molecule has 2 aliphatic rings. The lowest BCUT2D eigenvalue weighted by atomic mass is 9.82. The van der Waals surface area contributed by atoms with Crippen LogP contribution < -0.4 is 14.8 Å². The number of hydrogen-bond donors (Lipinski definition) is 1. The van der Waals surface area contributed by atoms with Crippen molar-refractivity contribution in [2.75, 3.05) is 12.4 Å². The summed E-state index contributed by atoms with van der Waals surface area (Å²) in [6, 6.07) is 20.3. The predicted molar refractivity (Wildman–Crippen MR) is 126 cm³/mol. The van der Waals surface area contributed by atoms with Gasteiger partial charge in [0.1, 0.15) is 11.5 Å². The molecular formula is C28H25NO2. The van der Waals surface area contributed by atoms with Crippen molar-refractivity contribution in [3.05, 3.63) is 83.4 Å². The molecule has 0 bridgehead atoms. The first-order chi connectivity index (χ1) is 15.0. The highest BCUT2D eigenvalue weighted by Crippen LogP contribution is 2.51. The maximum absolute atomic E-state index is 6.48. The monoisotopic (exact) mass is 407 g/mol. The average Bonchev–Trinajstić information content (AvgIpc) is 2.76. The molecule has 2 heterocycles. The fraction of sp³-hybridized carbons (Fsp3) is 0.214. The molecule has 3 aromatic carbocycles. The Balaban J connectivity index is 1.75. The second-order valence-electron chi connectivity index (χ2n) is 8.59. The lowest BCUT2D eigenvalue weighted by Crippen LogP contribution is -2.32. The van der Waals surface area contributed by atoms with E-state index in [9.17, 15) is 0 Å². The van der Waals surface area contributed by atoms with Gasteiger partial charge in [-0.15, -0.1) is 0 Å². The zero-order chi connectivity index (χ0) is 21.6. The Morgan fingerprint density at radius 3 is 2.55 bits per heavy atom. The Hall–Kier alpha value is -3.64. The van der Waals surface area contributed by atoms with Crippen molar-refractivity contribution in [1.82, 2.24) is 0 Å². The van der Waals surface area contributed by atoms with Gasteiger partial charge in [0.05, 0.1) is 18.2 Å². The van der Waals surface area contributed by atoms with Gasteiger partial charge in [0.2, 0.25) is 0 Å². The summed E-state index contributed by atoms with van der Waals surface area (Å²) in [5.74, 6) is 8.30. The molecule has 0 aromatic heterocycles. The molecule has 2 aliphatic heterocycles. The average molecular weight is 408 g/mol. The first kappa shape index (κ1) is 19.3. The van der Waals surface area contributed by atoms with Gasteiger partial charge in [-0.1, -0.05) is 42.3 Å². The van der Waals surface area contributed by atoms with Gasteiger partial charge in [-0.25, -0.2) is 0 Å². The van der Waals surface area contributed by atoms with Crippen molar-refractivity contribution in [1.29, 1.82) is 0 Å². The molecule has 31 heavy (non-hydrogen) atoms. The van der Waals surface area contributed by atoms with Crippen LogP contribution in [0.2, 0.25) is 0 Å². The Morgan fingerprint density at radius 1 is 0.968 bits per heavy atom. The van der Waals surface area contributed by atoms with E-state index in [2.05, 4.69) is 56.1 Å². The smallest absolute Gasteiger partial charge is 0.186 e. The molecule has 0 aliphatic carbocycles. The number of anilines is 1. The van der Waals surface area contributed by atoms with E-state index in [1.807, 2.05) is 48.5 Å². The summed E-state index contributed by atoms with van der Waals surface area (Å²) in [6.45, 7) is 6.53. The van der Waals surface area contributed by atoms with Crippen LogP contribution in [0.1, 0.15) is 43.6 Å². The van der Waals surface area contributed by atoms with Crippen molar-refractivity contribution in [2.24, 2.45) is 0 Å². The van der Waals surface area contributed by atoms with Gasteiger partial charge >= 0.3 is 0 Å². The van der Waals surface area contributed by atoms with E-state index in [0.29, 0.717) is 0 Å². The van der Waals surface area contributed by atoms with Crippen molar-refractivity contribution >= 4 is 11.3 Å². The molecule has 0 saturated carbocycles. The molecule has 0 saturated heterocycles. The maximum Gasteiger partial charge on any atom is 0.186 e. The molecular weight excluding hydrogens is 382 g/mol.